The molecule has 0 aromatic heterocycles. The van der Waals surface area contributed by atoms with Crippen LogP contribution in [0.25, 0.3) is 0 Å². The average molecular weight is 366 g/mol. The molecule has 4 bridgehead atoms. The number of phenolic OH excluding ortho intramolecular Hbond substituents is 2. The molecule has 140 valence electrons. The lowest BCUT2D eigenvalue weighted by Gasteiger charge is -2.08. The lowest BCUT2D eigenvalue weighted by atomic mass is 10.2. The normalized spacial score (nSPS) is 15.1. The number of fused-ring (bicyclic) bond motifs is 4. The Hall–Kier alpha value is -3.28. The second kappa shape index (κ2) is 9.43. The number of ether oxygens (including phenoxy) is 2. The highest BCUT2D eigenvalue weighted by molar-refractivity contribution is 5.85. The highest BCUT2D eigenvalue weighted by Crippen LogP contribution is 2.29. The Kier molecular flexibility index (Phi) is 6.46. The first-order chi connectivity index (χ1) is 13.3. The minimum Gasteiger partial charge on any atom is -0.504 e. The predicted octanol–water partition coefficient (Wildman–Crippen LogP) is 3.35. The minimum atomic E-state index is 0.0698. The molecule has 0 unspecified atom stereocenters. The Morgan fingerprint density at radius 2 is 1.33 bits per heavy atom. The number of hydrogen-bond acceptors (Lipinski definition) is 6. The molecule has 1 aliphatic rings. The van der Waals surface area contributed by atoms with Crippen molar-refractivity contribution in [1.82, 2.24) is 0 Å². The van der Waals surface area contributed by atoms with Crippen LogP contribution >= 0.6 is 0 Å². The molecule has 0 saturated heterocycles. The number of aliphatic imine (C=N–C) groups is 2. The molecule has 27 heavy (non-hydrogen) atoms. The number of benzene rings is 2. The van der Waals surface area contributed by atoms with Crippen molar-refractivity contribution in [2.45, 2.75) is 6.42 Å². The third-order valence-corrected chi connectivity index (χ3v) is 3.92. The molecule has 2 aromatic carbocycles. The van der Waals surface area contributed by atoms with E-state index in [1.165, 1.54) is 0 Å². The largest absolute Gasteiger partial charge is 0.504 e. The zero-order chi connectivity index (χ0) is 18.9. The Labute approximate surface area is 158 Å². The van der Waals surface area contributed by atoms with Gasteiger partial charge in [0.2, 0.25) is 0 Å². The van der Waals surface area contributed by atoms with Gasteiger partial charge in [-0.15, -0.1) is 0 Å². The number of para-hydroxylation sites is 2. The van der Waals surface area contributed by atoms with Crippen molar-refractivity contribution in [2.24, 2.45) is 9.98 Å². The van der Waals surface area contributed by atoms with Crippen molar-refractivity contribution >= 4 is 12.4 Å². The number of hydrogen-bond donors (Lipinski definition) is 2. The highest BCUT2D eigenvalue weighted by Gasteiger charge is 2.07. The maximum absolute atomic E-state index is 10.3. The van der Waals surface area contributed by atoms with Crippen LogP contribution in [0.2, 0.25) is 0 Å². The minimum absolute atomic E-state index is 0.0698. The molecule has 1 aliphatic heterocycles. The molecule has 2 aromatic rings. The maximum Gasteiger partial charge on any atom is 0.166 e. The SMILES string of the molecule is Oc1c2cccc1OCC=CCCOc1cccc(c1O)C=NCCN=C2. The quantitative estimate of drug-likeness (QED) is 0.701. The van der Waals surface area contributed by atoms with E-state index in [1.807, 2.05) is 24.3 Å². The van der Waals surface area contributed by atoms with Gasteiger partial charge in [0.25, 0.3) is 0 Å². The van der Waals surface area contributed by atoms with Crippen molar-refractivity contribution in [3.8, 4) is 23.0 Å². The molecule has 6 nitrogen and oxygen atoms in total. The summed E-state index contributed by atoms with van der Waals surface area (Å²) in [5.41, 5.74) is 1.20. The van der Waals surface area contributed by atoms with Gasteiger partial charge >= 0.3 is 0 Å². The lowest BCUT2D eigenvalue weighted by molar-refractivity contribution is 0.304. The monoisotopic (exact) mass is 366 g/mol. The van der Waals surface area contributed by atoms with Gasteiger partial charge in [0.15, 0.2) is 23.0 Å². The second-order valence-electron chi connectivity index (χ2n) is 5.88. The molecular formula is C21H22N2O4. The van der Waals surface area contributed by atoms with Gasteiger partial charge in [-0.05, 0) is 30.7 Å². The van der Waals surface area contributed by atoms with E-state index < -0.39 is 0 Å². The summed E-state index contributed by atoms with van der Waals surface area (Å²) in [5.74, 6) is 0.994. The molecule has 0 atom stereocenters. The maximum atomic E-state index is 10.3. The van der Waals surface area contributed by atoms with Gasteiger partial charge < -0.3 is 19.7 Å². The second-order valence-corrected chi connectivity index (χ2v) is 5.88. The molecule has 0 fully saturated rings. The highest BCUT2D eigenvalue weighted by atomic mass is 16.5. The smallest absolute Gasteiger partial charge is 0.166 e. The molecule has 0 saturated carbocycles. The van der Waals surface area contributed by atoms with Crippen molar-refractivity contribution in [1.29, 1.82) is 0 Å². The summed E-state index contributed by atoms with van der Waals surface area (Å²) >= 11 is 0. The summed E-state index contributed by atoms with van der Waals surface area (Å²) < 4.78 is 11.2. The van der Waals surface area contributed by atoms with Crippen molar-refractivity contribution in [3.05, 3.63) is 59.7 Å². The zero-order valence-corrected chi connectivity index (χ0v) is 14.9. The summed E-state index contributed by atoms with van der Waals surface area (Å²) in [6.07, 6.45) is 7.67. The first-order valence-electron chi connectivity index (χ1n) is 8.80. The summed E-state index contributed by atoms with van der Waals surface area (Å²) in [5, 5.41) is 20.6. The van der Waals surface area contributed by atoms with Crippen LogP contribution in [0.15, 0.2) is 58.5 Å². The summed E-state index contributed by atoms with van der Waals surface area (Å²) in [7, 11) is 0. The molecule has 0 spiro atoms. The van der Waals surface area contributed by atoms with Gasteiger partial charge in [-0.3, -0.25) is 9.98 Å². The van der Waals surface area contributed by atoms with Crippen LogP contribution in [0.1, 0.15) is 17.5 Å². The molecule has 0 amide bonds. The fraction of sp³-hybridized carbons (Fsp3) is 0.238. The van der Waals surface area contributed by atoms with E-state index in [1.54, 1.807) is 36.7 Å². The van der Waals surface area contributed by atoms with Gasteiger partial charge in [-0.25, -0.2) is 0 Å². The van der Waals surface area contributed by atoms with E-state index in [4.69, 9.17) is 9.47 Å². The van der Waals surface area contributed by atoms with E-state index in [9.17, 15) is 10.2 Å². The Morgan fingerprint density at radius 3 is 1.96 bits per heavy atom. The molecule has 0 aliphatic carbocycles. The van der Waals surface area contributed by atoms with E-state index in [0.29, 0.717) is 55.4 Å². The predicted molar refractivity (Wildman–Crippen MR) is 106 cm³/mol. The van der Waals surface area contributed by atoms with Crippen LogP contribution in [0, 0.1) is 0 Å². The van der Waals surface area contributed by atoms with Crippen LogP contribution in [0.3, 0.4) is 0 Å². The fourth-order valence-electron chi connectivity index (χ4n) is 2.52. The third kappa shape index (κ3) is 5.10. The lowest BCUT2D eigenvalue weighted by Crippen LogP contribution is -1.98. The first kappa shape index (κ1) is 18.5. The average Bonchev–Trinajstić information content (AvgIpc) is 2.67. The Morgan fingerprint density at radius 1 is 0.741 bits per heavy atom. The molecular weight excluding hydrogens is 344 g/mol. The molecule has 3 rings (SSSR count). The Balaban J connectivity index is 1.78. The van der Waals surface area contributed by atoms with Gasteiger partial charge in [-0.1, -0.05) is 24.3 Å². The topological polar surface area (TPSA) is 83.6 Å². The van der Waals surface area contributed by atoms with Crippen LogP contribution in [-0.4, -0.2) is 48.9 Å². The van der Waals surface area contributed by atoms with Gasteiger partial charge in [-0.2, -0.15) is 0 Å². The van der Waals surface area contributed by atoms with Gasteiger partial charge in [0, 0.05) is 23.6 Å². The van der Waals surface area contributed by atoms with Gasteiger partial charge in [0.05, 0.1) is 19.7 Å². The summed E-state index contributed by atoms with van der Waals surface area (Å²) in [4.78, 5) is 8.57. The molecule has 2 N–H and O–H groups in total. The number of aromatic hydroxyl groups is 2. The number of rotatable bonds is 0. The van der Waals surface area contributed by atoms with Gasteiger partial charge in [0.1, 0.15) is 6.61 Å². The first-order valence-corrected chi connectivity index (χ1v) is 8.80. The van der Waals surface area contributed by atoms with Crippen molar-refractivity contribution < 1.29 is 19.7 Å². The summed E-state index contributed by atoms with van der Waals surface area (Å²) in [6.45, 7) is 1.69. The van der Waals surface area contributed by atoms with Crippen molar-refractivity contribution in [3.63, 3.8) is 0 Å². The van der Waals surface area contributed by atoms with E-state index in [2.05, 4.69) is 9.98 Å². The van der Waals surface area contributed by atoms with Crippen LogP contribution in [0.5, 0.6) is 23.0 Å². The zero-order valence-electron chi connectivity index (χ0n) is 14.9. The van der Waals surface area contributed by atoms with E-state index in [0.717, 1.165) is 0 Å². The van der Waals surface area contributed by atoms with Crippen LogP contribution in [0.4, 0.5) is 0 Å². The van der Waals surface area contributed by atoms with E-state index >= 15 is 0 Å². The third-order valence-electron chi connectivity index (χ3n) is 3.92. The summed E-state index contributed by atoms with van der Waals surface area (Å²) in [6, 6.07) is 10.6. The van der Waals surface area contributed by atoms with E-state index in [-0.39, 0.29) is 11.5 Å². The van der Waals surface area contributed by atoms with Crippen LogP contribution < -0.4 is 9.47 Å². The Bertz CT molecular complexity index is 859. The molecule has 6 heteroatoms. The number of phenols is 2. The molecule has 0 radical (unpaired) electrons. The van der Waals surface area contributed by atoms with Crippen LogP contribution in [-0.2, 0) is 0 Å². The van der Waals surface area contributed by atoms with Crippen molar-refractivity contribution in [2.75, 3.05) is 26.3 Å². The molecule has 1 heterocycles. The standard InChI is InChI=1S/C21H22N2O4/c24-20-16-6-4-8-18(20)26-12-2-1-3-13-27-19-9-5-7-17(21(19)25)15-23-11-10-22-14-16/h1-2,4-9,14-15,24-25H,3,10-13H2. The number of nitrogens with zero attached hydrogens (tertiary/aromatic N) is 2. The fourth-order valence-corrected chi connectivity index (χ4v) is 2.52.